The molecule has 5 nitrogen and oxygen atoms in total. The third-order valence-corrected chi connectivity index (χ3v) is 6.08. The molecule has 2 aromatic carbocycles. The van der Waals surface area contributed by atoms with Crippen LogP contribution in [0.15, 0.2) is 97.3 Å². The van der Waals surface area contributed by atoms with E-state index in [1.54, 1.807) is 0 Å². The van der Waals surface area contributed by atoms with Crippen LogP contribution in [-0.4, -0.2) is 19.1 Å². The number of hydrogen-bond acceptors (Lipinski definition) is 2. The molecule has 0 saturated heterocycles. The number of aromatic nitrogens is 5. The van der Waals surface area contributed by atoms with Crippen LogP contribution in [0, 0.1) is 0 Å². The zero-order valence-corrected chi connectivity index (χ0v) is 16.7. The van der Waals surface area contributed by atoms with Crippen LogP contribution in [0.25, 0.3) is 45.1 Å². The van der Waals surface area contributed by atoms with Gasteiger partial charge in [-0.15, -0.1) is 0 Å². The van der Waals surface area contributed by atoms with E-state index in [0.29, 0.717) is 0 Å². The Balaban J connectivity index is 1.74. The highest BCUT2D eigenvalue weighted by Gasteiger charge is 2.40. The number of nitrogens with zero attached hydrogens (tertiary/aromatic N) is 5. The zero-order chi connectivity index (χ0) is 20.4. The van der Waals surface area contributed by atoms with Crippen LogP contribution >= 0.6 is 0 Å². The van der Waals surface area contributed by atoms with E-state index in [2.05, 4.69) is 86.5 Å². The van der Waals surface area contributed by atoms with Crippen molar-refractivity contribution in [1.29, 1.82) is 0 Å². The van der Waals surface area contributed by atoms with E-state index in [-0.39, 0.29) is 0 Å². The Morgan fingerprint density at radius 1 is 0.677 bits per heavy atom. The van der Waals surface area contributed by atoms with Gasteiger partial charge in [0.15, 0.2) is 5.69 Å². The van der Waals surface area contributed by atoms with Crippen molar-refractivity contribution in [2.75, 3.05) is 0 Å². The van der Waals surface area contributed by atoms with Crippen LogP contribution < -0.4 is 4.57 Å². The summed E-state index contributed by atoms with van der Waals surface area (Å²) < 4.78 is 7.02. The standard InChI is InChI=1S/C26H18N5/c1-3-10-19(11-4-1)30-21-14-8-16-28-23(21)24-26(30)31(20-12-5-2-6-13-20)25-22-18(17-29(24)25)9-7-15-27-22/h1-16H,17H2/q+1. The van der Waals surface area contributed by atoms with E-state index >= 15 is 0 Å². The van der Waals surface area contributed by atoms with E-state index < -0.39 is 0 Å². The molecule has 4 aromatic heterocycles. The van der Waals surface area contributed by atoms with Gasteiger partial charge in [0, 0.05) is 23.6 Å². The molecule has 0 bridgehead atoms. The lowest BCUT2D eigenvalue weighted by Crippen LogP contribution is -2.31. The van der Waals surface area contributed by atoms with Gasteiger partial charge in [-0.2, -0.15) is 4.57 Å². The van der Waals surface area contributed by atoms with Crippen LogP contribution in [0.1, 0.15) is 5.56 Å². The summed E-state index contributed by atoms with van der Waals surface area (Å²) in [4.78, 5) is 9.60. The van der Waals surface area contributed by atoms with Crippen molar-refractivity contribution >= 4 is 22.2 Å². The lowest BCUT2D eigenvalue weighted by atomic mass is 10.2. The van der Waals surface area contributed by atoms with Crippen molar-refractivity contribution < 1.29 is 4.57 Å². The Morgan fingerprint density at radius 2 is 1.35 bits per heavy atom. The van der Waals surface area contributed by atoms with Crippen LogP contribution in [0.2, 0.25) is 0 Å². The topological polar surface area (TPSA) is 39.5 Å². The fourth-order valence-corrected chi connectivity index (χ4v) is 4.85. The minimum atomic E-state index is 0.791. The number of para-hydroxylation sites is 2. The molecule has 1 aliphatic heterocycles. The van der Waals surface area contributed by atoms with Crippen molar-refractivity contribution in [2.45, 2.75) is 6.54 Å². The van der Waals surface area contributed by atoms with Gasteiger partial charge in [0.05, 0.1) is 5.52 Å². The van der Waals surface area contributed by atoms with Gasteiger partial charge in [0.2, 0.25) is 5.52 Å². The first kappa shape index (κ1) is 16.5. The summed E-state index contributed by atoms with van der Waals surface area (Å²) in [6, 6.07) is 29.4. The van der Waals surface area contributed by atoms with E-state index in [1.807, 2.05) is 24.5 Å². The molecule has 0 unspecified atom stereocenters. The smallest absolute Gasteiger partial charge is 0.271 e. The molecule has 0 aliphatic carbocycles. The average Bonchev–Trinajstić information content (AvgIpc) is 3.46. The van der Waals surface area contributed by atoms with E-state index in [4.69, 9.17) is 9.97 Å². The van der Waals surface area contributed by atoms with Crippen molar-refractivity contribution in [3.05, 3.63) is 103 Å². The summed E-state index contributed by atoms with van der Waals surface area (Å²) in [6.07, 6.45) is 3.76. The highest BCUT2D eigenvalue weighted by atomic mass is 15.3. The highest BCUT2D eigenvalue weighted by molar-refractivity contribution is 6.03. The third-order valence-electron chi connectivity index (χ3n) is 6.08. The monoisotopic (exact) mass is 400 g/mol. The molecule has 31 heavy (non-hydrogen) atoms. The molecule has 146 valence electrons. The molecular weight excluding hydrogens is 382 g/mol. The quantitative estimate of drug-likeness (QED) is 0.395. The number of imidazole rings is 1. The number of pyridine rings is 2. The predicted octanol–water partition coefficient (Wildman–Crippen LogP) is 4.68. The maximum Gasteiger partial charge on any atom is 0.316 e. The second-order valence-electron chi connectivity index (χ2n) is 7.81. The molecule has 0 spiro atoms. The van der Waals surface area contributed by atoms with Crippen LogP contribution in [0.3, 0.4) is 0 Å². The van der Waals surface area contributed by atoms with Crippen LogP contribution in [0.4, 0.5) is 0 Å². The van der Waals surface area contributed by atoms with Gasteiger partial charge in [0.1, 0.15) is 17.7 Å². The van der Waals surface area contributed by atoms with Crippen molar-refractivity contribution in [3.63, 3.8) is 0 Å². The Morgan fingerprint density at radius 3 is 2.13 bits per heavy atom. The minimum Gasteiger partial charge on any atom is -0.271 e. The molecule has 1 aliphatic rings. The van der Waals surface area contributed by atoms with Gasteiger partial charge >= 0.3 is 5.82 Å². The second-order valence-corrected chi connectivity index (χ2v) is 7.81. The molecule has 0 atom stereocenters. The summed E-state index contributed by atoms with van der Waals surface area (Å²) in [5, 5.41) is 0. The first-order valence-electron chi connectivity index (χ1n) is 10.4. The largest absolute Gasteiger partial charge is 0.316 e. The number of benzene rings is 2. The molecule has 6 aromatic rings. The summed E-state index contributed by atoms with van der Waals surface area (Å²) in [7, 11) is 0. The third kappa shape index (κ3) is 2.17. The van der Waals surface area contributed by atoms with E-state index in [0.717, 1.165) is 51.6 Å². The number of fused-ring (bicyclic) bond motifs is 7. The lowest BCUT2D eigenvalue weighted by molar-refractivity contribution is -0.645. The second kappa shape index (κ2) is 6.12. The maximum absolute atomic E-state index is 4.83. The molecule has 0 saturated carbocycles. The lowest BCUT2D eigenvalue weighted by Gasteiger charge is -2.08. The molecule has 0 N–H and O–H groups in total. The van der Waals surface area contributed by atoms with Crippen molar-refractivity contribution in [1.82, 2.24) is 19.1 Å². The molecular formula is C26H18N5+. The molecule has 5 heterocycles. The van der Waals surface area contributed by atoms with Gasteiger partial charge in [-0.05, 0) is 42.5 Å². The summed E-state index contributed by atoms with van der Waals surface area (Å²) >= 11 is 0. The number of rotatable bonds is 2. The molecule has 0 fully saturated rings. The first-order chi connectivity index (χ1) is 15.4. The number of hydrogen-bond donors (Lipinski definition) is 0. The van der Waals surface area contributed by atoms with Crippen molar-refractivity contribution in [2.24, 2.45) is 0 Å². The molecule has 5 heteroatoms. The summed E-state index contributed by atoms with van der Waals surface area (Å²) in [5.74, 6) is 1.10. The normalized spacial score (nSPS) is 12.4. The SMILES string of the molecule is c1ccc(-n2c3[n+](c4c5ncccc5n(-c5ccccc5)c42)Cc2cccnc2-3)cc1. The highest BCUT2D eigenvalue weighted by Crippen LogP contribution is 2.37. The maximum atomic E-state index is 4.83. The van der Waals surface area contributed by atoms with Gasteiger partial charge in [-0.25, -0.2) is 14.5 Å². The molecule has 0 radical (unpaired) electrons. The zero-order valence-electron chi connectivity index (χ0n) is 16.7. The average molecular weight is 400 g/mol. The van der Waals surface area contributed by atoms with Gasteiger partial charge in [-0.1, -0.05) is 42.5 Å². The van der Waals surface area contributed by atoms with E-state index in [1.165, 1.54) is 5.56 Å². The van der Waals surface area contributed by atoms with Crippen molar-refractivity contribution in [3.8, 4) is 22.9 Å². The Kier molecular flexibility index (Phi) is 3.27. The molecule has 7 rings (SSSR count). The Labute approximate surface area is 178 Å². The first-order valence-corrected chi connectivity index (χ1v) is 10.4. The summed E-state index contributed by atoms with van der Waals surface area (Å²) in [5.41, 5.74) is 8.85. The summed E-state index contributed by atoms with van der Waals surface area (Å²) in [6.45, 7) is 0.791. The van der Waals surface area contributed by atoms with Crippen LogP contribution in [0.5, 0.6) is 0 Å². The fourth-order valence-electron chi connectivity index (χ4n) is 4.85. The van der Waals surface area contributed by atoms with Gasteiger partial charge < -0.3 is 0 Å². The molecule has 0 amide bonds. The Hall–Kier alpha value is -4.25. The van der Waals surface area contributed by atoms with Gasteiger partial charge in [0.25, 0.3) is 5.65 Å². The minimum absolute atomic E-state index is 0.791. The van der Waals surface area contributed by atoms with E-state index in [9.17, 15) is 0 Å². The predicted molar refractivity (Wildman–Crippen MR) is 120 cm³/mol. The fraction of sp³-hybridized carbons (Fsp3) is 0.0385. The van der Waals surface area contributed by atoms with Gasteiger partial charge in [-0.3, -0.25) is 4.57 Å². The van der Waals surface area contributed by atoms with Crippen LogP contribution in [-0.2, 0) is 6.54 Å². The Bertz CT molecular complexity index is 1590.